The van der Waals surface area contributed by atoms with Gasteiger partial charge in [0, 0.05) is 12.2 Å². The first-order valence-corrected chi connectivity index (χ1v) is 11.8. The second kappa shape index (κ2) is 12.5. The lowest BCUT2D eigenvalue weighted by atomic mass is 10.1. The molecule has 0 radical (unpaired) electrons. The van der Waals surface area contributed by atoms with Gasteiger partial charge in [0.05, 0.1) is 31.1 Å². The van der Waals surface area contributed by atoms with Crippen molar-refractivity contribution in [2.75, 3.05) is 25.3 Å². The number of nitrogens with one attached hydrogen (secondary N) is 1. The van der Waals surface area contributed by atoms with E-state index in [1.807, 2.05) is 35.8 Å². The van der Waals surface area contributed by atoms with E-state index in [0.29, 0.717) is 23.3 Å². The van der Waals surface area contributed by atoms with E-state index in [1.54, 1.807) is 6.08 Å². The second-order valence-corrected chi connectivity index (χ2v) is 8.46. The van der Waals surface area contributed by atoms with Crippen molar-refractivity contribution in [2.45, 2.75) is 25.2 Å². The van der Waals surface area contributed by atoms with E-state index in [1.165, 1.54) is 44.2 Å². The smallest absolute Gasteiger partial charge is 0.337 e. The minimum Gasteiger partial charge on any atom is -0.486 e. The molecule has 188 valence electrons. The zero-order chi connectivity index (χ0) is 26.1. The Morgan fingerprint density at radius 1 is 1.03 bits per heavy atom. The number of methoxy groups -OCH3 is 2. The Labute approximate surface area is 212 Å². The Hall–Kier alpha value is -4.12. The molecule has 10 nitrogen and oxygen atoms in total. The first-order valence-electron chi connectivity index (χ1n) is 10.8. The lowest BCUT2D eigenvalue weighted by molar-refractivity contribution is -0.113. The third-order valence-electron chi connectivity index (χ3n) is 4.89. The number of thioether (sulfide) groups is 1. The van der Waals surface area contributed by atoms with Gasteiger partial charge in [-0.15, -0.1) is 16.8 Å². The van der Waals surface area contributed by atoms with Crippen LogP contribution in [0.4, 0.5) is 5.69 Å². The van der Waals surface area contributed by atoms with Crippen LogP contribution < -0.4 is 10.1 Å². The second-order valence-electron chi connectivity index (χ2n) is 7.52. The first-order chi connectivity index (χ1) is 17.3. The van der Waals surface area contributed by atoms with E-state index in [-0.39, 0.29) is 35.1 Å². The molecule has 0 saturated carbocycles. The maximum absolute atomic E-state index is 12.6. The summed E-state index contributed by atoms with van der Waals surface area (Å²) >= 11 is 1.18. The summed E-state index contributed by atoms with van der Waals surface area (Å²) in [5.74, 6) is -0.366. The molecule has 0 aliphatic rings. The predicted octanol–water partition coefficient (Wildman–Crippen LogP) is 3.66. The molecule has 11 heteroatoms. The van der Waals surface area contributed by atoms with Crippen molar-refractivity contribution in [2.24, 2.45) is 0 Å². The zero-order valence-electron chi connectivity index (χ0n) is 20.1. The topological polar surface area (TPSA) is 122 Å². The summed E-state index contributed by atoms with van der Waals surface area (Å²) in [4.78, 5) is 36.6. The highest BCUT2D eigenvalue weighted by Gasteiger charge is 2.17. The zero-order valence-corrected chi connectivity index (χ0v) is 21.0. The highest BCUT2D eigenvalue weighted by molar-refractivity contribution is 7.99. The van der Waals surface area contributed by atoms with Gasteiger partial charge in [0.25, 0.3) is 0 Å². The largest absolute Gasteiger partial charge is 0.486 e. The molecular weight excluding hydrogens is 484 g/mol. The summed E-state index contributed by atoms with van der Waals surface area (Å²) in [6, 6.07) is 11.8. The van der Waals surface area contributed by atoms with Crippen LogP contribution in [0.25, 0.3) is 0 Å². The number of nitrogens with zero attached hydrogens (tertiary/aromatic N) is 3. The van der Waals surface area contributed by atoms with Crippen LogP contribution in [-0.2, 0) is 27.4 Å². The van der Waals surface area contributed by atoms with Gasteiger partial charge in [0.15, 0.2) is 11.0 Å². The van der Waals surface area contributed by atoms with E-state index in [4.69, 9.17) is 14.2 Å². The van der Waals surface area contributed by atoms with Gasteiger partial charge < -0.3 is 19.5 Å². The number of aromatic nitrogens is 3. The molecule has 1 amide bonds. The summed E-state index contributed by atoms with van der Waals surface area (Å²) in [5.41, 5.74) is 1.59. The molecule has 3 aromatic rings. The summed E-state index contributed by atoms with van der Waals surface area (Å²) in [6.45, 7) is 6.41. The average Bonchev–Trinajstić information content (AvgIpc) is 3.27. The summed E-state index contributed by atoms with van der Waals surface area (Å²) in [7, 11) is 2.45. The van der Waals surface area contributed by atoms with Gasteiger partial charge in [-0.3, -0.25) is 9.36 Å². The number of allylic oxidation sites excluding steroid dienone is 1. The Morgan fingerprint density at radius 3 is 2.25 bits per heavy atom. The maximum atomic E-state index is 12.6. The molecule has 0 fully saturated rings. The van der Waals surface area contributed by atoms with Gasteiger partial charge in [-0.1, -0.05) is 35.5 Å². The minimum absolute atomic E-state index is 0.00407. The van der Waals surface area contributed by atoms with Crippen LogP contribution in [0.3, 0.4) is 0 Å². The molecular formula is C25H26N4O6S. The molecule has 1 N–H and O–H groups in total. The SMILES string of the molecule is C=CCn1c(COc2ccc(C)cc2)nnc1SCC(=O)Nc1cc(C(=O)OC)cc(C(=O)OC)c1. The number of amides is 1. The van der Waals surface area contributed by atoms with E-state index in [9.17, 15) is 14.4 Å². The molecule has 0 saturated heterocycles. The molecule has 0 unspecified atom stereocenters. The molecule has 0 spiro atoms. The highest BCUT2D eigenvalue weighted by Crippen LogP contribution is 2.21. The van der Waals surface area contributed by atoms with E-state index >= 15 is 0 Å². The van der Waals surface area contributed by atoms with Crippen LogP contribution in [0.1, 0.15) is 32.1 Å². The summed E-state index contributed by atoms with van der Waals surface area (Å²) in [6.07, 6.45) is 1.70. The molecule has 1 heterocycles. The van der Waals surface area contributed by atoms with E-state index in [2.05, 4.69) is 22.1 Å². The molecule has 0 aliphatic heterocycles. The molecule has 0 atom stereocenters. The Balaban J connectivity index is 1.68. The van der Waals surface area contributed by atoms with Crippen LogP contribution >= 0.6 is 11.8 Å². The van der Waals surface area contributed by atoms with Crippen LogP contribution in [0.2, 0.25) is 0 Å². The number of carbonyl (C=O) groups excluding carboxylic acids is 3. The Morgan fingerprint density at radius 2 is 1.67 bits per heavy atom. The van der Waals surface area contributed by atoms with Gasteiger partial charge in [0.1, 0.15) is 12.4 Å². The van der Waals surface area contributed by atoms with Gasteiger partial charge in [-0.2, -0.15) is 0 Å². The van der Waals surface area contributed by atoms with E-state index < -0.39 is 11.9 Å². The third-order valence-corrected chi connectivity index (χ3v) is 5.85. The predicted molar refractivity (Wildman–Crippen MR) is 134 cm³/mol. The molecule has 1 aromatic heterocycles. The average molecular weight is 511 g/mol. The molecule has 0 aliphatic carbocycles. The number of aryl methyl sites for hydroxylation is 1. The lowest BCUT2D eigenvalue weighted by Gasteiger charge is -2.10. The number of hydrogen-bond acceptors (Lipinski definition) is 9. The summed E-state index contributed by atoms with van der Waals surface area (Å²) in [5, 5.41) is 11.6. The van der Waals surface area contributed by atoms with Crippen LogP contribution in [0, 0.1) is 6.92 Å². The fraction of sp³-hybridized carbons (Fsp3) is 0.240. The van der Waals surface area contributed by atoms with Crippen molar-refractivity contribution in [1.29, 1.82) is 0 Å². The quantitative estimate of drug-likeness (QED) is 0.234. The number of esters is 2. The number of rotatable bonds is 11. The molecule has 0 bridgehead atoms. The normalized spacial score (nSPS) is 10.4. The fourth-order valence-corrected chi connectivity index (χ4v) is 3.89. The first kappa shape index (κ1) is 26.5. The van der Waals surface area contributed by atoms with E-state index in [0.717, 1.165) is 5.56 Å². The maximum Gasteiger partial charge on any atom is 0.337 e. The standard InChI is InChI=1S/C25H26N4O6S/c1-5-10-29-21(14-35-20-8-6-16(2)7-9-20)27-28-25(29)36-15-22(30)26-19-12-17(23(31)33-3)11-18(13-19)24(32)34-4/h5-9,11-13H,1,10,14-15H2,2-4H3,(H,26,30). The van der Waals surface area contributed by atoms with Crippen LogP contribution in [-0.4, -0.2) is 52.6 Å². The monoisotopic (exact) mass is 510 g/mol. The number of anilines is 1. The van der Waals surface area contributed by atoms with Crippen LogP contribution in [0.15, 0.2) is 60.3 Å². The molecule has 3 rings (SSSR count). The number of ether oxygens (including phenoxy) is 3. The number of benzene rings is 2. The van der Waals surface area contributed by atoms with Crippen molar-refractivity contribution < 1.29 is 28.6 Å². The van der Waals surface area contributed by atoms with Gasteiger partial charge in [0.2, 0.25) is 5.91 Å². The van der Waals surface area contributed by atoms with Gasteiger partial charge in [-0.05, 0) is 37.3 Å². The van der Waals surface area contributed by atoms with Crippen molar-refractivity contribution in [1.82, 2.24) is 14.8 Å². The fourth-order valence-electron chi connectivity index (χ4n) is 3.13. The third kappa shape index (κ3) is 6.95. The van der Waals surface area contributed by atoms with Crippen molar-refractivity contribution in [3.63, 3.8) is 0 Å². The van der Waals surface area contributed by atoms with Crippen molar-refractivity contribution in [3.8, 4) is 5.75 Å². The van der Waals surface area contributed by atoms with Crippen LogP contribution in [0.5, 0.6) is 5.75 Å². The van der Waals surface area contributed by atoms with Crippen molar-refractivity contribution >= 4 is 35.3 Å². The Bertz CT molecular complexity index is 1220. The number of hydrogen-bond donors (Lipinski definition) is 1. The molecule has 2 aromatic carbocycles. The van der Waals surface area contributed by atoms with Gasteiger partial charge >= 0.3 is 11.9 Å². The van der Waals surface area contributed by atoms with Crippen molar-refractivity contribution in [3.05, 3.63) is 77.6 Å². The lowest BCUT2D eigenvalue weighted by Crippen LogP contribution is -2.16. The molecule has 36 heavy (non-hydrogen) atoms. The Kier molecular flexibility index (Phi) is 9.23. The van der Waals surface area contributed by atoms with Gasteiger partial charge in [-0.25, -0.2) is 9.59 Å². The number of carbonyl (C=O) groups is 3. The summed E-state index contributed by atoms with van der Waals surface area (Å²) < 4.78 is 17.1. The highest BCUT2D eigenvalue weighted by atomic mass is 32.2. The minimum atomic E-state index is -0.650.